The Labute approximate surface area is 161 Å². The van der Waals surface area contributed by atoms with E-state index in [4.69, 9.17) is 14.2 Å². The lowest BCUT2D eigenvalue weighted by Gasteiger charge is -2.31. The molecule has 1 aliphatic heterocycles. The number of piperazine rings is 1. The minimum Gasteiger partial charge on any atom is -0.465 e. The van der Waals surface area contributed by atoms with Gasteiger partial charge in [-0.1, -0.05) is 0 Å². The van der Waals surface area contributed by atoms with Crippen LogP contribution < -0.4 is 10.2 Å². The number of benzene rings is 1. The zero-order valence-electron chi connectivity index (χ0n) is 16.9. The molecule has 1 fully saturated rings. The summed E-state index contributed by atoms with van der Waals surface area (Å²) >= 11 is 0. The number of nitrogens with one attached hydrogen (secondary N) is 1. The second kappa shape index (κ2) is 9.19. The molecular weight excluding hydrogens is 348 g/mol. The number of anilines is 1. The SMILES string of the molecule is COC(=O)c1cc(COCC(=O)OC(C)(C)C)c(C)c(N2CCNCC2)c1. The Morgan fingerprint density at radius 2 is 1.85 bits per heavy atom. The molecule has 7 heteroatoms. The lowest BCUT2D eigenvalue weighted by molar-refractivity contribution is -0.160. The van der Waals surface area contributed by atoms with Gasteiger partial charge in [0.15, 0.2) is 0 Å². The number of hydrogen-bond donors (Lipinski definition) is 1. The zero-order chi connectivity index (χ0) is 20.0. The first kappa shape index (κ1) is 21.2. The van der Waals surface area contributed by atoms with Gasteiger partial charge in [0, 0.05) is 31.9 Å². The summed E-state index contributed by atoms with van der Waals surface area (Å²) in [6, 6.07) is 3.63. The minimum absolute atomic E-state index is 0.137. The molecule has 1 saturated heterocycles. The number of ether oxygens (including phenoxy) is 3. The molecule has 0 atom stereocenters. The summed E-state index contributed by atoms with van der Waals surface area (Å²) in [5.41, 5.74) is 2.82. The second-order valence-corrected chi connectivity index (χ2v) is 7.59. The Morgan fingerprint density at radius 3 is 2.44 bits per heavy atom. The van der Waals surface area contributed by atoms with Crippen LogP contribution in [0.5, 0.6) is 0 Å². The molecule has 7 nitrogen and oxygen atoms in total. The molecular formula is C20H30N2O5. The highest BCUT2D eigenvalue weighted by atomic mass is 16.6. The maximum absolute atomic E-state index is 12.1. The van der Waals surface area contributed by atoms with Crippen molar-refractivity contribution in [3.05, 3.63) is 28.8 Å². The van der Waals surface area contributed by atoms with Crippen LogP contribution in [0.1, 0.15) is 42.3 Å². The van der Waals surface area contributed by atoms with Crippen molar-refractivity contribution >= 4 is 17.6 Å². The van der Waals surface area contributed by atoms with Crippen LogP contribution >= 0.6 is 0 Å². The quantitative estimate of drug-likeness (QED) is 0.759. The zero-order valence-corrected chi connectivity index (χ0v) is 16.9. The third kappa shape index (κ3) is 6.22. The number of hydrogen-bond acceptors (Lipinski definition) is 7. The summed E-state index contributed by atoms with van der Waals surface area (Å²) in [4.78, 5) is 26.2. The van der Waals surface area contributed by atoms with Crippen LogP contribution in [-0.2, 0) is 25.6 Å². The van der Waals surface area contributed by atoms with Crippen molar-refractivity contribution in [2.45, 2.75) is 39.9 Å². The van der Waals surface area contributed by atoms with E-state index in [1.807, 2.05) is 33.8 Å². The maximum atomic E-state index is 12.1. The fraction of sp³-hybridized carbons (Fsp3) is 0.600. The highest BCUT2D eigenvalue weighted by Crippen LogP contribution is 2.27. The van der Waals surface area contributed by atoms with Crippen molar-refractivity contribution in [1.29, 1.82) is 0 Å². The lowest BCUT2D eigenvalue weighted by Crippen LogP contribution is -2.44. The largest absolute Gasteiger partial charge is 0.465 e. The Bertz CT molecular complexity index is 676. The first-order chi connectivity index (χ1) is 12.7. The van der Waals surface area contributed by atoms with Crippen LogP contribution in [0.2, 0.25) is 0 Å². The predicted molar refractivity (Wildman–Crippen MR) is 103 cm³/mol. The Morgan fingerprint density at radius 1 is 1.19 bits per heavy atom. The fourth-order valence-corrected chi connectivity index (χ4v) is 2.99. The Hall–Kier alpha value is -2.12. The predicted octanol–water partition coefficient (Wildman–Crippen LogP) is 2.05. The van der Waals surface area contributed by atoms with E-state index in [0.29, 0.717) is 5.56 Å². The third-order valence-corrected chi connectivity index (χ3v) is 4.26. The topological polar surface area (TPSA) is 77.1 Å². The molecule has 2 rings (SSSR count). The van der Waals surface area contributed by atoms with Crippen molar-refractivity contribution in [2.24, 2.45) is 0 Å². The van der Waals surface area contributed by atoms with E-state index in [1.165, 1.54) is 7.11 Å². The molecule has 1 aliphatic rings. The first-order valence-electron chi connectivity index (χ1n) is 9.18. The molecule has 1 N–H and O–H groups in total. The van der Waals surface area contributed by atoms with Gasteiger partial charge in [0.1, 0.15) is 12.2 Å². The Kier molecular flexibility index (Phi) is 7.21. The van der Waals surface area contributed by atoms with Crippen molar-refractivity contribution in [2.75, 3.05) is 44.8 Å². The maximum Gasteiger partial charge on any atom is 0.337 e. The van der Waals surface area contributed by atoms with Gasteiger partial charge in [-0.05, 0) is 51.0 Å². The fourth-order valence-electron chi connectivity index (χ4n) is 2.99. The van der Waals surface area contributed by atoms with E-state index >= 15 is 0 Å². The van der Waals surface area contributed by atoms with Gasteiger partial charge in [0.2, 0.25) is 0 Å². The van der Waals surface area contributed by atoms with Crippen molar-refractivity contribution in [3.63, 3.8) is 0 Å². The van der Waals surface area contributed by atoms with Gasteiger partial charge in [0.25, 0.3) is 0 Å². The molecule has 0 bridgehead atoms. The number of nitrogens with zero attached hydrogens (tertiary/aromatic N) is 1. The van der Waals surface area contributed by atoms with E-state index in [2.05, 4.69) is 10.2 Å². The van der Waals surface area contributed by atoms with Crippen LogP contribution in [0, 0.1) is 6.92 Å². The highest BCUT2D eigenvalue weighted by molar-refractivity contribution is 5.91. The van der Waals surface area contributed by atoms with E-state index in [0.717, 1.165) is 43.0 Å². The van der Waals surface area contributed by atoms with Crippen molar-refractivity contribution in [3.8, 4) is 0 Å². The minimum atomic E-state index is -0.545. The molecule has 1 aromatic rings. The molecule has 1 heterocycles. The second-order valence-electron chi connectivity index (χ2n) is 7.59. The summed E-state index contributed by atoms with van der Waals surface area (Å²) in [6.45, 7) is 11.0. The average Bonchev–Trinajstić information content (AvgIpc) is 2.61. The number of rotatable bonds is 6. The monoisotopic (exact) mass is 378 g/mol. The molecule has 0 aromatic heterocycles. The highest BCUT2D eigenvalue weighted by Gasteiger charge is 2.20. The smallest absolute Gasteiger partial charge is 0.337 e. The summed E-state index contributed by atoms with van der Waals surface area (Å²) in [6.07, 6.45) is 0. The van der Waals surface area contributed by atoms with Gasteiger partial charge in [-0.2, -0.15) is 0 Å². The van der Waals surface area contributed by atoms with Gasteiger partial charge in [0.05, 0.1) is 19.3 Å². The van der Waals surface area contributed by atoms with Crippen LogP contribution in [0.15, 0.2) is 12.1 Å². The number of carbonyl (C=O) groups is 2. The van der Waals surface area contributed by atoms with Gasteiger partial charge in [-0.15, -0.1) is 0 Å². The molecule has 0 radical (unpaired) electrons. The molecule has 27 heavy (non-hydrogen) atoms. The van der Waals surface area contributed by atoms with E-state index in [9.17, 15) is 9.59 Å². The van der Waals surface area contributed by atoms with Crippen LogP contribution in [-0.4, -0.2) is 57.4 Å². The van der Waals surface area contributed by atoms with Gasteiger partial charge >= 0.3 is 11.9 Å². The first-order valence-corrected chi connectivity index (χ1v) is 9.18. The van der Waals surface area contributed by atoms with Gasteiger partial charge < -0.3 is 24.4 Å². The van der Waals surface area contributed by atoms with E-state index in [-0.39, 0.29) is 19.2 Å². The van der Waals surface area contributed by atoms with E-state index < -0.39 is 11.6 Å². The molecule has 150 valence electrons. The van der Waals surface area contributed by atoms with Crippen molar-refractivity contribution in [1.82, 2.24) is 5.32 Å². The molecule has 1 aromatic carbocycles. The third-order valence-electron chi connectivity index (χ3n) is 4.26. The van der Waals surface area contributed by atoms with Crippen LogP contribution in [0.4, 0.5) is 5.69 Å². The summed E-state index contributed by atoms with van der Waals surface area (Å²) in [7, 11) is 1.37. The van der Waals surface area contributed by atoms with E-state index in [1.54, 1.807) is 6.07 Å². The summed E-state index contributed by atoms with van der Waals surface area (Å²) in [5.74, 6) is -0.800. The number of methoxy groups -OCH3 is 1. The average molecular weight is 378 g/mol. The van der Waals surface area contributed by atoms with Crippen LogP contribution in [0.3, 0.4) is 0 Å². The van der Waals surface area contributed by atoms with Gasteiger partial charge in [-0.3, -0.25) is 0 Å². The molecule has 0 unspecified atom stereocenters. The molecule has 0 spiro atoms. The number of carbonyl (C=O) groups excluding carboxylic acids is 2. The molecule has 0 amide bonds. The summed E-state index contributed by atoms with van der Waals surface area (Å²) < 4.78 is 15.7. The van der Waals surface area contributed by atoms with Crippen molar-refractivity contribution < 1.29 is 23.8 Å². The molecule has 0 saturated carbocycles. The summed E-state index contributed by atoms with van der Waals surface area (Å²) in [5, 5.41) is 3.32. The van der Waals surface area contributed by atoms with Gasteiger partial charge in [-0.25, -0.2) is 9.59 Å². The lowest BCUT2D eigenvalue weighted by atomic mass is 10.0. The van der Waals surface area contributed by atoms with Crippen LogP contribution in [0.25, 0.3) is 0 Å². The number of esters is 2. The standard InChI is InChI=1S/C20H30N2O5/c1-14-16(12-26-13-18(23)27-20(2,3)4)10-15(19(24)25-5)11-17(14)22-8-6-21-7-9-22/h10-11,21H,6-9,12-13H2,1-5H3. The molecule has 0 aliphatic carbocycles. The Balaban J connectivity index is 2.16. The normalized spacial score (nSPS) is 14.8.